The summed E-state index contributed by atoms with van der Waals surface area (Å²) in [6, 6.07) is 7.52. The first-order valence-electron chi connectivity index (χ1n) is 8.38. The summed E-state index contributed by atoms with van der Waals surface area (Å²) in [4.78, 5) is 23.2. The van der Waals surface area contributed by atoms with Gasteiger partial charge >= 0.3 is 5.69 Å². The Hall–Kier alpha value is -2.79. The number of thiophene rings is 1. The van der Waals surface area contributed by atoms with Gasteiger partial charge in [0.2, 0.25) is 11.7 Å². The molecule has 28 heavy (non-hydrogen) atoms. The Morgan fingerprint density at radius 1 is 1.39 bits per heavy atom. The van der Waals surface area contributed by atoms with Crippen LogP contribution in [-0.4, -0.2) is 31.3 Å². The van der Waals surface area contributed by atoms with Crippen LogP contribution < -0.4 is 5.32 Å². The zero-order valence-corrected chi connectivity index (χ0v) is 16.0. The van der Waals surface area contributed by atoms with E-state index in [0.717, 1.165) is 35.7 Å². The maximum Gasteiger partial charge on any atom is 0.306 e. The molecule has 2 aromatic heterocycles. The number of nitrogens with one attached hydrogen (secondary N) is 1. The van der Waals surface area contributed by atoms with Crippen LogP contribution >= 0.6 is 23.1 Å². The normalized spacial score (nSPS) is 13.5. The number of nitro groups is 1. The molecule has 0 bridgehead atoms. The highest BCUT2D eigenvalue weighted by atomic mass is 32.2. The second kappa shape index (κ2) is 7.68. The second-order valence-electron chi connectivity index (χ2n) is 6.14. The third-order valence-electron chi connectivity index (χ3n) is 4.08. The zero-order chi connectivity index (χ0) is 19.7. The fourth-order valence-corrected chi connectivity index (χ4v) is 4.18. The van der Waals surface area contributed by atoms with E-state index in [1.165, 1.54) is 17.8 Å². The van der Waals surface area contributed by atoms with Crippen LogP contribution in [0.2, 0.25) is 0 Å². The van der Waals surface area contributed by atoms with Crippen molar-refractivity contribution in [2.45, 2.75) is 24.0 Å². The Morgan fingerprint density at radius 2 is 2.21 bits per heavy atom. The molecule has 1 aromatic carbocycles. The van der Waals surface area contributed by atoms with Crippen molar-refractivity contribution in [1.29, 1.82) is 0 Å². The zero-order valence-electron chi connectivity index (χ0n) is 14.4. The Labute approximate surface area is 166 Å². The van der Waals surface area contributed by atoms with E-state index in [1.807, 2.05) is 17.5 Å². The number of benzene rings is 1. The van der Waals surface area contributed by atoms with Crippen molar-refractivity contribution in [3.63, 3.8) is 0 Å². The Morgan fingerprint density at radius 3 is 2.89 bits per heavy atom. The fraction of sp³-hybridized carbons (Fsp3) is 0.235. The molecule has 0 atom stereocenters. The van der Waals surface area contributed by atoms with E-state index in [0.29, 0.717) is 11.2 Å². The summed E-state index contributed by atoms with van der Waals surface area (Å²) >= 11 is 2.83. The number of rotatable bonds is 7. The molecule has 0 spiro atoms. The number of halogens is 1. The standard InChI is InChI=1S/C17H14FN5O3S2/c18-12-6-3-10(8-13(12)23(25)26)19-15(24)9-28-17-21-20-16(14-2-1-7-27-14)22(17)11-4-5-11/h1-3,6-8,11H,4-5,9H2,(H,19,24). The predicted octanol–water partition coefficient (Wildman–Crippen LogP) is 4.12. The number of aromatic nitrogens is 3. The Bertz CT molecular complexity index is 1030. The monoisotopic (exact) mass is 419 g/mol. The molecule has 2 heterocycles. The van der Waals surface area contributed by atoms with E-state index in [-0.39, 0.29) is 17.3 Å². The molecule has 1 amide bonds. The third kappa shape index (κ3) is 3.90. The number of hydrogen-bond donors (Lipinski definition) is 1. The van der Waals surface area contributed by atoms with Crippen LogP contribution in [0.1, 0.15) is 18.9 Å². The van der Waals surface area contributed by atoms with Gasteiger partial charge in [-0.3, -0.25) is 19.5 Å². The summed E-state index contributed by atoms with van der Waals surface area (Å²) in [6.07, 6.45) is 2.10. The average molecular weight is 419 g/mol. The second-order valence-corrected chi connectivity index (χ2v) is 8.04. The first kappa shape index (κ1) is 18.6. The largest absolute Gasteiger partial charge is 0.325 e. The summed E-state index contributed by atoms with van der Waals surface area (Å²) < 4.78 is 15.5. The minimum atomic E-state index is -0.948. The number of carbonyl (C=O) groups is 1. The van der Waals surface area contributed by atoms with Gasteiger partial charge in [0.05, 0.1) is 15.6 Å². The van der Waals surface area contributed by atoms with Gasteiger partial charge in [0.15, 0.2) is 11.0 Å². The van der Waals surface area contributed by atoms with Crippen LogP contribution in [0.4, 0.5) is 15.8 Å². The van der Waals surface area contributed by atoms with E-state index >= 15 is 0 Å². The lowest BCUT2D eigenvalue weighted by Gasteiger charge is -2.08. The van der Waals surface area contributed by atoms with Gasteiger partial charge < -0.3 is 5.32 Å². The molecule has 1 fully saturated rings. The Balaban J connectivity index is 1.44. The van der Waals surface area contributed by atoms with Crippen molar-refractivity contribution in [3.8, 4) is 10.7 Å². The highest BCUT2D eigenvalue weighted by Gasteiger charge is 2.30. The highest BCUT2D eigenvalue weighted by molar-refractivity contribution is 7.99. The molecule has 0 unspecified atom stereocenters. The number of thioether (sulfide) groups is 1. The van der Waals surface area contributed by atoms with Crippen molar-refractivity contribution < 1.29 is 14.1 Å². The summed E-state index contributed by atoms with van der Waals surface area (Å²) in [5, 5.41) is 24.5. The maximum absolute atomic E-state index is 13.4. The predicted molar refractivity (Wildman–Crippen MR) is 104 cm³/mol. The van der Waals surface area contributed by atoms with Gasteiger partial charge in [0, 0.05) is 17.8 Å². The molecule has 1 aliphatic rings. The van der Waals surface area contributed by atoms with Crippen LogP contribution in [-0.2, 0) is 4.79 Å². The first-order chi connectivity index (χ1) is 13.5. The van der Waals surface area contributed by atoms with Crippen molar-refractivity contribution in [1.82, 2.24) is 14.8 Å². The van der Waals surface area contributed by atoms with Crippen LogP contribution in [0.5, 0.6) is 0 Å². The van der Waals surface area contributed by atoms with E-state index in [2.05, 4.69) is 20.1 Å². The first-order valence-corrected chi connectivity index (χ1v) is 10.2. The molecule has 3 aromatic rings. The number of nitro benzene ring substituents is 1. The summed E-state index contributed by atoms with van der Waals surface area (Å²) in [5.41, 5.74) is -0.513. The van der Waals surface area contributed by atoms with Crippen molar-refractivity contribution >= 4 is 40.4 Å². The number of anilines is 1. The van der Waals surface area contributed by atoms with Gasteiger partial charge in [-0.1, -0.05) is 17.8 Å². The van der Waals surface area contributed by atoms with Crippen molar-refractivity contribution in [3.05, 3.63) is 51.6 Å². The molecule has 4 rings (SSSR count). The van der Waals surface area contributed by atoms with E-state index in [9.17, 15) is 19.3 Å². The lowest BCUT2D eigenvalue weighted by molar-refractivity contribution is -0.387. The smallest absolute Gasteiger partial charge is 0.306 e. The van der Waals surface area contributed by atoms with Crippen LogP contribution in [0.25, 0.3) is 10.7 Å². The minimum absolute atomic E-state index is 0.0560. The third-order valence-corrected chi connectivity index (χ3v) is 5.89. The SMILES string of the molecule is O=C(CSc1nnc(-c2cccs2)n1C1CC1)Nc1ccc(F)c([N+](=O)[O-])c1. The molecular formula is C17H14FN5O3S2. The summed E-state index contributed by atoms with van der Waals surface area (Å²) in [5.74, 6) is -0.458. The molecule has 8 nitrogen and oxygen atoms in total. The number of nitrogens with zero attached hydrogens (tertiary/aromatic N) is 4. The van der Waals surface area contributed by atoms with Crippen LogP contribution in [0, 0.1) is 15.9 Å². The maximum atomic E-state index is 13.4. The van der Waals surface area contributed by atoms with Crippen molar-refractivity contribution in [2.75, 3.05) is 11.1 Å². The molecule has 11 heteroatoms. The molecule has 0 radical (unpaired) electrons. The molecular weight excluding hydrogens is 405 g/mol. The van der Waals surface area contributed by atoms with Gasteiger partial charge in [-0.25, -0.2) is 0 Å². The van der Waals surface area contributed by atoms with E-state index in [4.69, 9.17) is 0 Å². The van der Waals surface area contributed by atoms with E-state index < -0.39 is 16.4 Å². The van der Waals surface area contributed by atoms with Crippen molar-refractivity contribution in [2.24, 2.45) is 0 Å². The van der Waals surface area contributed by atoms with Gasteiger partial charge in [-0.15, -0.1) is 21.5 Å². The van der Waals surface area contributed by atoms with Gasteiger partial charge in [-0.2, -0.15) is 4.39 Å². The lowest BCUT2D eigenvalue weighted by atomic mass is 10.2. The molecule has 1 aliphatic carbocycles. The molecule has 1 N–H and O–H groups in total. The number of hydrogen-bond acceptors (Lipinski definition) is 7. The molecule has 144 valence electrons. The molecule has 0 aliphatic heterocycles. The topological polar surface area (TPSA) is 103 Å². The fourth-order valence-electron chi connectivity index (χ4n) is 2.67. The van der Waals surface area contributed by atoms with Crippen LogP contribution in [0.3, 0.4) is 0 Å². The quantitative estimate of drug-likeness (QED) is 0.351. The van der Waals surface area contributed by atoms with Gasteiger partial charge in [0.25, 0.3) is 0 Å². The average Bonchev–Trinajstić information content (AvgIpc) is 3.18. The van der Waals surface area contributed by atoms with Gasteiger partial charge in [0.1, 0.15) is 0 Å². The highest BCUT2D eigenvalue weighted by Crippen LogP contribution is 2.41. The van der Waals surface area contributed by atoms with Gasteiger partial charge in [-0.05, 0) is 36.4 Å². The molecule has 0 saturated heterocycles. The summed E-state index contributed by atoms with van der Waals surface area (Å²) in [7, 11) is 0. The number of amides is 1. The Kier molecular flexibility index (Phi) is 5.09. The van der Waals surface area contributed by atoms with Crippen LogP contribution in [0.15, 0.2) is 40.9 Å². The molecule has 1 saturated carbocycles. The number of carbonyl (C=O) groups excluding carboxylic acids is 1. The lowest BCUT2D eigenvalue weighted by Crippen LogP contribution is -2.15. The minimum Gasteiger partial charge on any atom is -0.325 e. The van der Waals surface area contributed by atoms with E-state index in [1.54, 1.807) is 11.3 Å². The summed E-state index contributed by atoms with van der Waals surface area (Å²) in [6.45, 7) is 0.